The molecule has 1 aliphatic heterocycles. The summed E-state index contributed by atoms with van der Waals surface area (Å²) in [7, 11) is 0. The van der Waals surface area contributed by atoms with Gasteiger partial charge in [0.2, 0.25) is 0 Å². The third kappa shape index (κ3) is 2.24. The number of fused-ring (bicyclic) bond motifs is 1. The van der Waals surface area contributed by atoms with Gasteiger partial charge in [-0.25, -0.2) is 0 Å². The highest BCUT2D eigenvalue weighted by atomic mass is 79.9. The molecule has 0 fully saturated rings. The van der Waals surface area contributed by atoms with Gasteiger partial charge < -0.3 is 4.90 Å². The Kier molecular flexibility index (Phi) is 3.56. The fraction of sp³-hybridized carbons (Fsp3) is 0.357. The van der Waals surface area contributed by atoms with Crippen LogP contribution in [-0.4, -0.2) is 27.2 Å². The molecule has 2 aromatic rings. The fourth-order valence-corrected chi connectivity index (χ4v) is 2.92. The first-order chi connectivity index (χ1) is 9.70. The maximum atomic E-state index is 12.7. The summed E-state index contributed by atoms with van der Waals surface area (Å²) in [6.45, 7) is 3.45. The molecule has 104 valence electrons. The molecule has 5 nitrogen and oxygen atoms in total. The quantitative estimate of drug-likeness (QED) is 0.848. The van der Waals surface area contributed by atoms with E-state index in [9.17, 15) is 4.79 Å². The minimum atomic E-state index is -0.0713. The smallest absolute Gasteiger partial charge is 0.280 e. The minimum Gasteiger partial charge on any atom is -0.305 e. The second-order valence-corrected chi connectivity index (χ2v) is 5.57. The van der Waals surface area contributed by atoms with Crippen molar-refractivity contribution in [1.82, 2.24) is 14.8 Å². The first-order valence-electron chi connectivity index (χ1n) is 6.69. The van der Waals surface area contributed by atoms with Crippen molar-refractivity contribution in [2.45, 2.75) is 26.3 Å². The van der Waals surface area contributed by atoms with Crippen LogP contribution in [0, 0.1) is 0 Å². The van der Waals surface area contributed by atoms with Crippen molar-refractivity contribution >= 4 is 27.5 Å². The highest BCUT2D eigenvalue weighted by Gasteiger charge is 2.27. The molecule has 0 radical (unpaired) electrons. The summed E-state index contributed by atoms with van der Waals surface area (Å²) in [6.07, 6.45) is 5.46. The predicted molar refractivity (Wildman–Crippen MR) is 79.8 cm³/mol. The largest absolute Gasteiger partial charge is 0.305 e. The predicted octanol–water partition coefficient (Wildman–Crippen LogP) is 2.65. The van der Waals surface area contributed by atoms with Crippen molar-refractivity contribution in [3.05, 3.63) is 40.4 Å². The molecule has 0 aromatic carbocycles. The molecule has 3 heterocycles. The number of carbonyl (C=O) groups excluding carboxylic acids is 1. The number of aromatic nitrogens is 3. The van der Waals surface area contributed by atoms with E-state index >= 15 is 0 Å². The van der Waals surface area contributed by atoms with Gasteiger partial charge in [0.05, 0.1) is 15.9 Å². The Morgan fingerprint density at radius 3 is 3.10 bits per heavy atom. The van der Waals surface area contributed by atoms with Crippen molar-refractivity contribution in [2.75, 3.05) is 11.4 Å². The lowest BCUT2D eigenvalue weighted by Gasteiger charge is -2.28. The van der Waals surface area contributed by atoms with E-state index in [-0.39, 0.29) is 5.91 Å². The van der Waals surface area contributed by atoms with Gasteiger partial charge >= 0.3 is 0 Å². The third-order valence-electron chi connectivity index (χ3n) is 3.44. The maximum absolute atomic E-state index is 12.7. The van der Waals surface area contributed by atoms with E-state index in [0.717, 1.165) is 35.2 Å². The number of hydrogen-bond donors (Lipinski definition) is 0. The summed E-state index contributed by atoms with van der Waals surface area (Å²) < 4.78 is 2.49. The molecule has 1 amide bonds. The lowest BCUT2D eigenvalue weighted by atomic mass is 10.1. The Balaban J connectivity index is 1.97. The zero-order valence-corrected chi connectivity index (χ0v) is 12.8. The van der Waals surface area contributed by atoms with Crippen LogP contribution < -0.4 is 4.90 Å². The van der Waals surface area contributed by atoms with E-state index in [1.165, 1.54) is 0 Å². The number of halogens is 1. The fourth-order valence-electron chi connectivity index (χ4n) is 2.44. The van der Waals surface area contributed by atoms with Crippen molar-refractivity contribution in [1.29, 1.82) is 0 Å². The zero-order valence-electron chi connectivity index (χ0n) is 11.2. The number of amides is 1. The molecule has 3 rings (SSSR count). The van der Waals surface area contributed by atoms with Gasteiger partial charge in [-0.1, -0.05) is 0 Å². The average Bonchev–Trinajstić information content (AvgIpc) is 2.87. The van der Waals surface area contributed by atoms with Crippen molar-refractivity contribution in [3.63, 3.8) is 0 Å². The van der Waals surface area contributed by atoms with Crippen LogP contribution in [0.3, 0.4) is 0 Å². The van der Waals surface area contributed by atoms with E-state index in [0.29, 0.717) is 12.2 Å². The lowest BCUT2D eigenvalue weighted by Crippen LogP contribution is -2.36. The number of anilines is 1. The minimum absolute atomic E-state index is 0.0713. The Hall–Kier alpha value is -1.69. The van der Waals surface area contributed by atoms with E-state index in [1.54, 1.807) is 15.8 Å². The molecule has 0 bridgehead atoms. The highest BCUT2D eigenvalue weighted by Crippen LogP contribution is 2.27. The molecule has 0 unspecified atom stereocenters. The summed E-state index contributed by atoms with van der Waals surface area (Å²) >= 11 is 3.42. The van der Waals surface area contributed by atoms with Gasteiger partial charge in [-0.2, -0.15) is 5.10 Å². The zero-order chi connectivity index (χ0) is 14.1. The number of aryl methyl sites for hydroxylation is 2. The van der Waals surface area contributed by atoms with E-state index in [1.807, 2.05) is 25.3 Å². The molecule has 0 spiro atoms. The SMILES string of the molecule is CCn1cc(Br)c(C(=O)N2CCCc3ncccc32)n1. The van der Waals surface area contributed by atoms with Gasteiger partial charge in [0.25, 0.3) is 5.91 Å². The van der Waals surface area contributed by atoms with Gasteiger partial charge in [0, 0.05) is 25.5 Å². The van der Waals surface area contributed by atoms with Gasteiger partial charge in [0.15, 0.2) is 5.69 Å². The van der Waals surface area contributed by atoms with E-state index in [2.05, 4.69) is 26.0 Å². The molecule has 0 N–H and O–H groups in total. The molecule has 6 heteroatoms. The standard InChI is InChI=1S/C14H15BrN4O/c1-2-18-9-10(15)13(17-18)14(20)19-8-4-5-11-12(19)6-3-7-16-11/h3,6-7,9H,2,4-5,8H2,1H3. The summed E-state index contributed by atoms with van der Waals surface area (Å²) in [4.78, 5) is 18.8. The molecule has 20 heavy (non-hydrogen) atoms. The first-order valence-corrected chi connectivity index (χ1v) is 7.48. The van der Waals surface area contributed by atoms with Crippen LogP contribution in [0.15, 0.2) is 29.0 Å². The first kappa shape index (κ1) is 13.3. The number of pyridine rings is 1. The average molecular weight is 335 g/mol. The van der Waals surface area contributed by atoms with Gasteiger partial charge in [-0.15, -0.1) is 0 Å². The number of nitrogens with zero attached hydrogens (tertiary/aromatic N) is 4. The summed E-state index contributed by atoms with van der Waals surface area (Å²) in [5, 5.41) is 4.33. The topological polar surface area (TPSA) is 51.0 Å². The van der Waals surface area contributed by atoms with Gasteiger partial charge in [-0.3, -0.25) is 14.5 Å². The highest BCUT2D eigenvalue weighted by molar-refractivity contribution is 9.10. The molecule has 2 aromatic heterocycles. The van der Waals surface area contributed by atoms with Gasteiger partial charge in [0.1, 0.15) is 0 Å². The van der Waals surface area contributed by atoms with Crippen LogP contribution in [0.25, 0.3) is 0 Å². The second kappa shape index (κ2) is 5.36. The van der Waals surface area contributed by atoms with Crippen LogP contribution in [0.4, 0.5) is 5.69 Å². The number of carbonyl (C=O) groups is 1. The Labute approximate surface area is 125 Å². The van der Waals surface area contributed by atoms with Crippen LogP contribution in [-0.2, 0) is 13.0 Å². The normalized spacial score (nSPS) is 14.2. The van der Waals surface area contributed by atoms with Gasteiger partial charge in [-0.05, 0) is 47.8 Å². The molecular weight excluding hydrogens is 320 g/mol. The summed E-state index contributed by atoms with van der Waals surface area (Å²) in [5.74, 6) is -0.0713. The second-order valence-electron chi connectivity index (χ2n) is 4.71. The lowest BCUT2D eigenvalue weighted by molar-refractivity contribution is 0.0978. The van der Waals surface area contributed by atoms with Crippen molar-refractivity contribution in [3.8, 4) is 0 Å². The summed E-state index contributed by atoms with van der Waals surface area (Å²) in [6, 6.07) is 3.81. The van der Waals surface area contributed by atoms with Crippen LogP contribution >= 0.6 is 15.9 Å². The number of rotatable bonds is 2. The van der Waals surface area contributed by atoms with E-state index < -0.39 is 0 Å². The third-order valence-corrected chi connectivity index (χ3v) is 4.02. The van der Waals surface area contributed by atoms with Crippen molar-refractivity contribution in [2.24, 2.45) is 0 Å². The van der Waals surface area contributed by atoms with Crippen LogP contribution in [0.2, 0.25) is 0 Å². The maximum Gasteiger partial charge on any atom is 0.280 e. The summed E-state index contributed by atoms with van der Waals surface area (Å²) in [5.41, 5.74) is 2.35. The van der Waals surface area contributed by atoms with E-state index in [4.69, 9.17) is 0 Å². The molecule has 0 saturated carbocycles. The molecule has 0 aliphatic carbocycles. The molecule has 0 atom stereocenters. The monoisotopic (exact) mass is 334 g/mol. The Bertz CT molecular complexity index is 652. The van der Waals surface area contributed by atoms with Crippen LogP contribution in [0.1, 0.15) is 29.5 Å². The molecule has 1 aliphatic rings. The van der Waals surface area contributed by atoms with Crippen LogP contribution in [0.5, 0.6) is 0 Å². The molecular formula is C14H15BrN4O. The Morgan fingerprint density at radius 1 is 1.50 bits per heavy atom. The Morgan fingerprint density at radius 2 is 2.35 bits per heavy atom. The molecule has 0 saturated heterocycles. The van der Waals surface area contributed by atoms with Crippen molar-refractivity contribution < 1.29 is 4.79 Å². The number of hydrogen-bond acceptors (Lipinski definition) is 3.